The topological polar surface area (TPSA) is 86.6 Å². The molecule has 0 bridgehead atoms. The number of carbonyl (C=O) groups is 2. The number of nitrogens with one attached hydrogen (secondary N) is 1. The smallest absolute Gasteiger partial charge is 0.303 e. The molecule has 0 saturated heterocycles. The quantitative estimate of drug-likeness (QED) is 0.628. The van der Waals surface area contributed by atoms with Crippen LogP contribution in [0.15, 0.2) is 42.5 Å². The molecule has 27 heavy (non-hydrogen) atoms. The van der Waals surface area contributed by atoms with Gasteiger partial charge in [-0.3, -0.25) is 9.59 Å². The Hall–Kier alpha value is -2.82. The van der Waals surface area contributed by atoms with Crippen LogP contribution in [0, 0.1) is 5.92 Å². The van der Waals surface area contributed by atoms with Crippen molar-refractivity contribution in [2.45, 2.75) is 39.5 Å². The Morgan fingerprint density at radius 3 is 2.26 bits per heavy atom. The molecule has 2 rings (SSSR count). The monoisotopic (exact) mass is 369 g/mol. The van der Waals surface area contributed by atoms with Gasteiger partial charge >= 0.3 is 5.97 Å². The van der Waals surface area contributed by atoms with Gasteiger partial charge < -0.3 is 15.5 Å². The van der Waals surface area contributed by atoms with Gasteiger partial charge in [0.1, 0.15) is 5.75 Å². The second-order valence-corrected chi connectivity index (χ2v) is 7.18. The zero-order valence-corrected chi connectivity index (χ0v) is 15.9. The maximum atomic E-state index is 12.3. The van der Waals surface area contributed by atoms with Gasteiger partial charge in [-0.05, 0) is 54.0 Å². The molecule has 0 heterocycles. The van der Waals surface area contributed by atoms with E-state index < -0.39 is 5.97 Å². The Morgan fingerprint density at radius 1 is 1.00 bits per heavy atom. The van der Waals surface area contributed by atoms with Crippen molar-refractivity contribution >= 4 is 11.9 Å². The number of carboxylic acids is 1. The number of carboxylic acid groups (broad SMARTS) is 1. The van der Waals surface area contributed by atoms with Crippen LogP contribution in [0.25, 0.3) is 0 Å². The molecule has 3 N–H and O–H groups in total. The first-order chi connectivity index (χ1) is 12.8. The van der Waals surface area contributed by atoms with E-state index in [1.54, 1.807) is 18.2 Å². The zero-order valence-electron chi connectivity index (χ0n) is 15.9. The summed E-state index contributed by atoms with van der Waals surface area (Å²) in [6.07, 6.45) is 2.15. The minimum atomic E-state index is -0.803. The summed E-state index contributed by atoms with van der Waals surface area (Å²) >= 11 is 0. The van der Waals surface area contributed by atoms with Crippen molar-refractivity contribution in [3.63, 3.8) is 0 Å². The summed E-state index contributed by atoms with van der Waals surface area (Å²) in [6.45, 7) is 4.77. The molecular formula is C22H27NO4. The number of aromatic hydroxyl groups is 1. The summed E-state index contributed by atoms with van der Waals surface area (Å²) in [4.78, 5) is 22.9. The van der Waals surface area contributed by atoms with Gasteiger partial charge in [-0.1, -0.05) is 44.2 Å². The van der Waals surface area contributed by atoms with Gasteiger partial charge in [0.2, 0.25) is 0 Å². The number of hydrogen-bond donors (Lipinski definition) is 3. The fourth-order valence-electron chi connectivity index (χ4n) is 2.76. The number of amides is 1. The van der Waals surface area contributed by atoms with Crippen LogP contribution in [-0.4, -0.2) is 28.6 Å². The van der Waals surface area contributed by atoms with Gasteiger partial charge in [0.05, 0.1) is 5.56 Å². The molecule has 0 aromatic heterocycles. The normalized spacial score (nSPS) is 10.8. The molecule has 0 radical (unpaired) electrons. The number of aliphatic carboxylic acids is 1. The van der Waals surface area contributed by atoms with Gasteiger partial charge in [-0.15, -0.1) is 0 Å². The molecule has 5 heteroatoms. The second-order valence-electron chi connectivity index (χ2n) is 7.18. The molecular weight excluding hydrogens is 342 g/mol. The third kappa shape index (κ3) is 6.77. The molecule has 0 unspecified atom stereocenters. The average molecular weight is 369 g/mol. The predicted molar refractivity (Wildman–Crippen MR) is 105 cm³/mol. The Bertz CT molecular complexity index is 781. The number of aryl methyl sites for hydroxylation is 1. The lowest BCUT2D eigenvalue weighted by Crippen LogP contribution is -2.25. The number of rotatable bonds is 9. The van der Waals surface area contributed by atoms with Crippen LogP contribution in [0.1, 0.15) is 53.7 Å². The van der Waals surface area contributed by atoms with Crippen LogP contribution in [-0.2, 0) is 17.6 Å². The number of benzene rings is 2. The molecule has 0 atom stereocenters. The van der Waals surface area contributed by atoms with Crippen LogP contribution >= 0.6 is 0 Å². The first kappa shape index (κ1) is 20.5. The molecule has 2 aromatic rings. The van der Waals surface area contributed by atoms with Crippen molar-refractivity contribution in [1.82, 2.24) is 5.32 Å². The third-order valence-corrected chi connectivity index (χ3v) is 4.37. The summed E-state index contributed by atoms with van der Waals surface area (Å²) in [6, 6.07) is 12.9. The molecule has 0 aliphatic heterocycles. The molecule has 0 aliphatic rings. The number of phenols is 1. The Morgan fingerprint density at radius 2 is 1.63 bits per heavy atom. The van der Waals surface area contributed by atoms with Gasteiger partial charge in [0.25, 0.3) is 5.91 Å². The summed E-state index contributed by atoms with van der Waals surface area (Å²) in [5.74, 6) is -0.588. The van der Waals surface area contributed by atoms with Gasteiger partial charge in [-0.2, -0.15) is 0 Å². The molecule has 0 saturated carbocycles. The maximum Gasteiger partial charge on any atom is 0.303 e. The van der Waals surface area contributed by atoms with Crippen LogP contribution in [0.4, 0.5) is 0 Å². The molecule has 0 fully saturated rings. The van der Waals surface area contributed by atoms with E-state index in [1.165, 1.54) is 0 Å². The number of hydrogen-bond acceptors (Lipinski definition) is 3. The Kier molecular flexibility index (Phi) is 7.41. The van der Waals surface area contributed by atoms with Gasteiger partial charge in [-0.25, -0.2) is 0 Å². The molecule has 1 amide bonds. The van der Waals surface area contributed by atoms with Gasteiger partial charge in [0, 0.05) is 13.0 Å². The summed E-state index contributed by atoms with van der Waals surface area (Å²) in [5, 5.41) is 21.6. The Labute approximate surface area is 160 Å². The molecule has 0 spiro atoms. The van der Waals surface area contributed by atoms with E-state index in [2.05, 4.69) is 19.2 Å². The minimum Gasteiger partial charge on any atom is -0.507 e. The van der Waals surface area contributed by atoms with E-state index in [1.807, 2.05) is 24.3 Å². The lowest BCUT2D eigenvalue weighted by molar-refractivity contribution is -0.136. The van der Waals surface area contributed by atoms with Crippen LogP contribution in [0.3, 0.4) is 0 Å². The van der Waals surface area contributed by atoms with E-state index in [4.69, 9.17) is 5.11 Å². The highest BCUT2D eigenvalue weighted by atomic mass is 16.4. The summed E-state index contributed by atoms with van der Waals surface area (Å²) in [5.41, 5.74) is 3.26. The van der Waals surface area contributed by atoms with Crippen LogP contribution < -0.4 is 5.32 Å². The second kappa shape index (κ2) is 9.76. The van der Waals surface area contributed by atoms with Crippen molar-refractivity contribution in [1.29, 1.82) is 0 Å². The first-order valence-corrected chi connectivity index (χ1v) is 9.25. The van der Waals surface area contributed by atoms with Crippen molar-refractivity contribution in [2.75, 3.05) is 6.54 Å². The molecule has 0 aliphatic carbocycles. The van der Waals surface area contributed by atoms with Crippen LogP contribution in [0.5, 0.6) is 5.75 Å². The summed E-state index contributed by atoms with van der Waals surface area (Å²) < 4.78 is 0. The minimum absolute atomic E-state index is 0.0233. The highest BCUT2D eigenvalue weighted by molar-refractivity contribution is 5.97. The predicted octanol–water partition coefficient (Wildman–Crippen LogP) is 3.78. The van der Waals surface area contributed by atoms with E-state index >= 15 is 0 Å². The fourth-order valence-corrected chi connectivity index (χ4v) is 2.76. The standard InChI is InChI=1S/C22H27NO4/c1-15(2)11-12-23-22(27)19-14-18(7-9-20(19)24)13-17-5-3-16(4-6-17)8-10-21(25)26/h3-7,9,14-15,24H,8,10-13H2,1-2H3,(H,23,27)(H,25,26). The largest absolute Gasteiger partial charge is 0.507 e. The molecule has 5 nitrogen and oxygen atoms in total. The zero-order chi connectivity index (χ0) is 19.8. The highest BCUT2D eigenvalue weighted by Crippen LogP contribution is 2.21. The average Bonchev–Trinajstić information content (AvgIpc) is 2.62. The van der Waals surface area contributed by atoms with E-state index in [9.17, 15) is 14.7 Å². The lowest BCUT2D eigenvalue weighted by Gasteiger charge is -2.10. The number of carbonyl (C=O) groups excluding carboxylic acids is 1. The molecule has 2 aromatic carbocycles. The third-order valence-electron chi connectivity index (χ3n) is 4.37. The Balaban J connectivity index is 2.02. The van der Waals surface area contributed by atoms with Crippen molar-refractivity contribution in [3.8, 4) is 5.75 Å². The number of phenolic OH excluding ortho intramolecular Hbond substituents is 1. The van der Waals surface area contributed by atoms with E-state index in [-0.39, 0.29) is 23.6 Å². The van der Waals surface area contributed by atoms with Crippen molar-refractivity contribution < 1.29 is 19.8 Å². The SMILES string of the molecule is CC(C)CCNC(=O)c1cc(Cc2ccc(CCC(=O)O)cc2)ccc1O. The van der Waals surface area contributed by atoms with Crippen molar-refractivity contribution in [2.24, 2.45) is 5.92 Å². The first-order valence-electron chi connectivity index (χ1n) is 9.25. The summed E-state index contributed by atoms with van der Waals surface area (Å²) in [7, 11) is 0. The van der Waals surface area contributed by atoms with Crippen LogP contribution in [0.2, 0.25) is 0 Å². The van der Waals surface area contributed by atoms with Crippen molar-refractivity contribution in [3.05, 3.63) is 64.7 Å². The van der Waals surface area contributed by atoms with Gasteiger partial charge in [0.15, 0.2) is 0 Å². The highest BCUT2D eigenvalue weighted by Gasteiger charge is 2.12. The maximum absolute atomic E-state index is 12.3. The molecule has 144 valence electrons. The lowest BCUT2D eigenvalue weighted by atomic mass is 10.00. The van der Waals surface area contributed by atoms with E-state index in [0.29, 0.717) is 25.3 Å². The fraction of sp³-hybridized carbons (Fsp3) is 0.364. The van der Waals surface area contributed by atoms with E-state index in [0.717, 1.165) is 23.1 Å².